The van der Waals surface area contributed by atoms with Gasteiger partial charge in [-0.25, -0.2) is 0 Å². The number of hydrogen-bond donors (Lipinski definition) is 2. The summed E-state index contributed by atoms with van der Waals surface area (Å²) < 4.78 is 5.50. The number of likely N-dealkylation sites (tertiary alicyclic amines) is 2. The molecule has 4 amide bonds. The summed E-state index contributed by atoms with van der Waals surface area (Å²) in [7, 11) is 2.69. The molecule has 6 unspecified atom stereocenters. The van der Waals surface area contributed by atoms with Crippen LogP contribution in [0.3, 0.4) is 0 Å². The van der Waals surface area contributed by atoms with Crippen molar-refractivity contribution in [3.05, 3.63) is 35.4 Å². The number of alkyl halides is 2. The summed E-state index contributed by atoms with van der Waals surface area (Å²) in [4.78, 5) is 62.9. The molecular weight excluding hydrogens is 539 g/mol. The van der Waals surface area contributed by atoms with Gasteiger partial charge < -0.3 is 14.9 Å². The number of ether oxygens (including phenoxy) is 1. The van der Waals surface area contributed by atoms with Crippen molar-refractivity contribution in [2.24, 2.45) is 17.8 Å². The number of allylic oxidation sites excluding steroid dienone is 2. The lowest BCUT2D eigenvalue weighted by molar-refractivity contribution is -0.142. The fourth-order valence-electron chi connectivity index (χ4n) is 6.70. The Morgan fingerprint density at radius 2 is 1.84 bits per heavy atom. The minimum absolute atomic E-state index is 0.0279. The number of carbonyl (C=O) groups is 5. The van der Waals surface area contributed by atoms with Gasteiger partial charge in [-0.05, 0) is 31.2 Å². The van der Waals surface area contributed by atoms with E-state index in [1.165, 1.54) is 26.3 Å². The molecule has 2 N–H and O–H groups in total. The Labute approximate surface area is 228 Å². The predicted molar refractivity (Wildman–Crippen MR) is 134 cm³/mol. The number of amides is 4. The van der Waals surface area contributed by atoms with Crippen LogP contribution in [0.25, 0.3) is 0 Å². The number of rotatable bonds is 6. The van der Waals surface area contributed by atoms with Gasteiger partial charge in [0.15, 0.2) is 9.75 Å². The van der Waals surface area contributed by atoms with Crippen molar-refractivity contribution in [1.82, 2.24) is 9.80 Å². The molecule has 0 radical (unpaired) electrons. The van der Waals surface area contributed by atoms with Crippen molar-refractivity contribution in [2.75, 3.05) is 20.7 Å². The minimum Gasteiger partial charge on any atom is -0.508 e. The van der Waals surface area contributed by atoms with Gasteiger partial charge in [0.25, 0.3) is 11.8 Å². The molecule has 4 aliphatic rings. The number of hydrogen-bond acceptors (Lipinski definition) is 7. The van der Waals surface area contributed by atoms with Crippen molar-refractivity contribution in [1.29, 1.82) is 0 Å². The molecule has 1 saturated carbocycles. The second-order valence-corrected chi connectivity index (χ2v) is 11.5. The highest BCUT2D eigenvalue weighted by Crippen LogP contribution is 2.66. The second-order valence-electron chi connectivity index (χ2n) is 10.2. The molecule has 2 aliphatic heterocycles. The fraction of sp³-hybridized carbons (Fsp3) is 0.500. The van der Waals surface area contributed by atoms with E-state index < -0.39 is 63.0 Å². The highest BCUT2D eigenvalue weighted by molar-refractivity contribution is 6.53. The molecule has 1 aromatic carbocycles. The molecule has 2 heterocycles. The smallest absolute Gasteiger partial charge is 0.303 e. The van der Waals surface area contributed by atoms with E-state index >= 15 is 0 Å². The number of aromatic hydroxyl groups is 1. The predicted octanol–water partition coefficient (Wildman–Crippen LogP) is 2.25. The zero-order valence-corrected chi connectivity index (χ0v) is 22.2. The van der Waals surface area contributed by atoms with Crippen LogP contribution < -0.4 is 4.74 Å². The van der Waals surface area contributed by atoms with Gasteiger partial charge in [-0.15, -0.1) is 23.2 Å². The molecule has 2 aliphatic carbocycles. The molecule has 10 nitrogen and oxygen atoms in total. The molecule has 38 heavy (non-hydrogen) atoms. The van der Waals surface area contributed by atoms with Gasteiger partial charge in [0.1, 0.15) is 11.5 Å². The molecule has 1 aromatic rings. The zero-order valence-electron chi connectivity index (χ0n) is 20.6. The van der Waals surface area contributed by atoms with E-state index in [4.69, 9.17) is 33.0 Å². The Bertz CT molecular complexity index is 1310. The molecule has 0 spiro atoms. The van der Waals surface area contributed by atoms with Crippen LogP contribution in [-0.2, 0) is 24.0 Å². The van der Waals surface area contributed by atoms with Crippen LogP contribution in [0.2, 0.25) is 0 Å². The third-order valence-corrected chi connectivity index (χ3v) is 9.82. The summed E-state index contributed by atoms with van der Waals surface area (Å²) in [6.07, 6.45) is 1.79. The largest absolute Gasteiger partial charge is 0.508 e. The van der Waals surface area contributed by atoms with Crippen molar-refractivity contribution < 1.29 is 38.9 Å². The van der Waals surface area contributed by atoms with Crippen LogP contribution in [0.5, 0.6) is 11.5 Å². The summed E-state index contributed by atoms with van der Waals surface area (Å²) in [6.45, 7) is -0.0279. The van der Waals surface area contributed by atoms with Crippen molar-refractivity contribution in [2.45, 2.75) is 41.3 Å². The van der Waals surface area contributed by atoms with Crippen LogP contribution in [0.1, 0.15) is 37.2 Å². The number of halogens is 2. The van der Waals surface area contributed by atoms with Crippen LogP contribution in [-0.4, -0.2) is 80.1 Å². The topological polar surface area (TPSA) is 142 Å². The first-order valence-electron chi connectivity index (χ1n) is 12.2. The lowest BCUT2D eigenvalue weighted by Crippen LogP contribution is -2.60. The van der Waals surface area contributed by atoms with E-state index in [1.807, 2.05) is 0 Å². The molecule has 12 heteroatoms. The summed E-state index contributed by atoms with van der Waals surface area (Å²) in [5, 5.41) is 19.0. The van der Waals surface area contributed by atoms with Crippen molar-refractivity contribution in [3.8, 4) is 11.5 Å². The summed E-state index contributed by atoms with van der Waals surface area (Å²) in [5.74, 6) is -6.36. The zero-order chi connectivity index (χ0) is 27.7. The number of nitrogens with zero attached hydrogens (tertiary/aromatic N) is 2. The Balaban J connectivity index is 1.64. The quantitative estimate of drug-likeness (QED) is 0.304. The molecule has 3 fully saturated rings. The molecule has 5 rings (SSSR count). The lowest BCUT2D eigenvalue weighted by atomic mass is 9.56. The molecular formula is C26H26Cl2N2O8. The van der Waals surface area contributed by atoms with Gasteiger partial charge >= 0.3 is 5.97 Å². The third-order valence-electron chi connectivity index (χ3n) is 8.41. The number of imide groups is 2. The molecule has 6 atom stereocenters. The molecule has 0 aromatic heterocycles. The van der Waals surface area contributed by atoms with E-state index in [9.17, 15) is 29.1 Å². The maximum atomic E-state index is 13.6. The Morgan fingerprint density at radius 3 is 2.50 bits per heavy atom. The van der Waals surface area contributed by atoms with E-state index in [2.05, 4.69) is 0 Å². The van der Waals surface area contributed by atoms with E-state index in [1.54, 1.807) is 12.1 Å². The number of phenolic OH excluding ortho intramolecular Hbond substituents is 1. The van der Waals surface area contributed by atoms with E-state index in [0.717, 1.165) is 9.80 Å². The van der Waals surface area contributed by atoms with E-state index in [-0.39, 0.29) is 43.7 Å². The van der Waals surface area contributed by atoms with Gasteiger partial charge in [-0.3, -0.25) is 33.8 Å². The Kier molecular flexibility index (Phi) is 6.26. The average Bonchev–Trinajstić information content (AvgIpc) is 3.19. The highest BCUT2D eigenvalue weighted by Gasteiger charge is 2.76. The van der Waals surface area contributed by atoms with Crippen molar-refractivity contribution in [3.63, 3.8) is 0 Å². The number of carboxylic acids is 1. The number of benzene rings is 1. The summed E-state index contributed by atoms with van der Waals surface area (Å²) in [5.41, 5.74) is 1.01. The van der Waals surface area contributed by atoms with Crippen LogP contribution in [0.15, 0.2) is 29.8 Å². The molecule has 0 bridgehead atoms. The maximum absolute atomic E-state index is 13.6. The number of fused-ring (bicyclic) bond motifs is 4. The summed E-state index contributed by atoms with van der Waals surface area (Å²) >= 11 is 14.2. The number of carbonyl (C=O) groups excluding carboxylic acids is 4. The van der Waals surface area contributed by atoms with Gasteiger partial charge in [0.2, 0.25) is 11.8 Å². The number of carboxylic acid groups (broad SMARTS) is 1. The fourth-order valence-corrected chi connectivity index (χ4v) is 7.71. The monoisotopic (exact) mass is 564 g/mol. The van der Waals surface area contributed by atoms with Gasteiger partial charge in [-0.1, -0.05) is 17.7 Å². The van der Waals surface area contributed by atoms with Crippen LogP contribution in [0.4, 0.5) is 0 Å². The molecule has 2 saturated heterocycles. The van der Waals surface area contributed by atoms with Crippen LogP contribution >= 0.6 is 23.2 Å². The second kappa shape index (κ2) is 8.98. The first-order valence-corrected chi connectivity index (χ1v) is 13.0. The minimum atomic E-state index is -1.95. The standard InChI is InChI=1S/C26H26Cl2N2O8/c1-29-23(36)25(27)11-16-13(7-8-15-19(16)22(35)30(21(15)34)9-3-4-18(32)33)20(26(25,28)24(29)37)14-6-5-12(31)10-17(14)38-2/h5-7,10,15-16,19-20,31H,3-4,8-9,11H2,1-2H3,(H,32,33). The average molecular weight is 565 g/mol. The van der Waals surface area contributed by atoms with Crippen LogP contribution in [0, 0.1) is 17.8 Å². The van der Waals surface area contributed by atoms with Gasteiger partial charge in [0, 0.05) is 37.6 Å². The summed E-state index contributed by atoms with van der Waals surface area (Å²) in [6, 6.07) is 4.31. The van der Waals surface area contributed by atoms with Gasteiger partial charge in [0.05, 0.1) is 18.9 Å². The third kappa shape index (κ3) is 3.42. The van der Waals surface area contributed by atoms with E-state index in [0.29, 0.717) is 11.1 Å². The number of aliphatic carboxylic acids is 1. The highest BCUT2D eigenvalue weighted by atomic mass is 35.5. The maximum Gasteiger partial charge on any atom is 0.303 e. The first kappa shape index (κ1) is 26.5. The number of methoxy groups -OCH3 is 1. The lowest BCUT2D eigenvalue weighted by Gasteiger charge is -2.51. The molecule has 202 valence electrons. The Morgan fingerprint density at radius 1 is 1.13 bits per heavy atom. The number of phenols is 1. The van der Waals surface area contributed by atoms with Crippen molar-refractivity contribution >= 4 is 52.8 Å². The SMILES string of the molecule is COc1cc(O)ccc1C1C2=CCC3C(=O)N(CCCC(=O)O)C(=O)C3C2CC2(Cl)C(=O)N(C)C(=O)C12Cl. The normalized spacial score (nSPS) is 34.2. The first-order chi connectivity index (χ1) is 17.9. The Hall–Kier alpha value is -3.11. The van der Waals surface area contributed by atoms with Gasteiger partial charge in [-0.2, -0.15) is 0 Å².